The first-order valence-electron chi connectivity index (χ1n) is 4.83. The summed E-state index contributed by atoms with van der Waals surface area (Å²) in [5.41, 5.74) is 5.47. The van der Waals surface area contributed by atoms with E-state index in [2.05, 4.69) is 10.1 Å². The number of rotatable bonds is 3. The van der Waals surface area contributed by atoms with E-state index in [-0.39, 0.29) is 5.91 Å². The van der Waals surface area contributed by atoms with Crippen molar-refractivity contribution in [3.63, 3.8) is 0 Å². The number of esters is 1. The van der Waals surface area contributed by atoms with Crippen molar-refractivity contribution < 1.29 is 14.3 Å². The van der Waals surface area contributed by atoms with Crippen LogP contribution in [0.15, 0.2) is 11.4 Å². The van der Waals surface area contributed by atoms with E-state index in [0.29, 0.717) is 23.4 Å². The summed E-state index contributed by atoms with van der Waals surface area (Å²) in [6.45, 7) is 0. The molecule has 3 N–H and O–H groups in total. The van der Waals surface area contributed by atoms with Crippen LogP contribution in [0.5, 0.6) is 0 Å². The van der Waals surface area contributed by atoms with Crippen LogP contribution >= 0.6 is 11.3 Å². The maximum absolute atomic E-state index is 11.7. The van der Waals surface area contributed by atoms with E-state index in [9.17, 15) is 9.59 Å². The Morgan fingerprint density at radius 2 is 2.25 bits per heavy atom. The molecule has 1 saturated carbocycles. The van der Waals surface area contributed by atoms with Crippen molar-refractivity contribution in [3.8, 4) is 0 Å². The second-order valence-electron chi connectivity index (χ2n) is 3.77. The quantitative estimate of drug-likeness (QED) is 0.771. The van der Waals surface area contributed by atoms with Crippen molar-refractivity contribution in [1.82, 2.24) is 0 Å². The minimum Gasteiger partial charge on any atom is -0.465 e. The summed E-state index contributed by atoms with van der Waals surface area (Å²) in [6.07, 6.45) is 1.38. The number of nitrogens with one attached hydrogen (secondary N) is 1. The van der Waals surface area contributed by atoms with Crippen LogP contribution in [0.2, 0.25) is 0 Å². The van der Waals surface area contributed by atoms with Gasteiger partial charge in [-0.25, -0.2) is 4.79 Å². The van der Waals surface area contributed by atoms with Crippen LogP contribution in [0.25, 0.3) is 0 Å². The van der Waals surface area contributed by atoms with E-state index >= 15 is 0 Å². The third-order valence-corrected chi connectivity index (χ3v) is 3.42. The Morgan fingerprint density at radius 1 is 1.56 bits per heavy atom. The number of carbonyl (C=O) groups excluding carboxylic acids is 2. The number of carbonyl (C=O) groups is 2. The fraction of sp³-hybridized carbons (Fsp3) is 0.400. The van der Waals surface area contributed by atoms with E-state index in [4.69, 9.17) is 5.73 Å². The topological polar surface area (TPSA) is 81.4 Å². The van der Waals surface area contributed by atoms with Crippen molar-refractivity contribution >= 4 is 28.9 Å². The molecule has 0 unspecified atom stereocenters. The van der Waals surface area contributed by atoms with Gasteiger partial charge in [0.25, 0.3) is 0 Å². The first-order valence-corrected chi connectivity index (χ1v) is 5.71. The van der Waals surface area contributed by atoms with E-state index < -0.39 is 11.5 Å². The minimum absolute atomic E-state index is 0.240. The number of hydrogen-bond acceptors (Lipinski definition) is 5. The van der Waals surface area contributed by atoms with E-state index in [1.54, 1.807) is 11.4 Å². The highest BCUT2D eigenvalue weighted by molar-refractivity contribution is 7.12. The average molecular weight is 240 g/mol. The second-order valence-corrected chi connectivity index (χ2v) is 4.68. The lowest BCUT2D eigenvalue weighted by atomic mass is 10.2. The summed E-state index contributed by atoms with van der Waals surface area (Å²) in [4.78, 5) is 23.4. The number of nitrogens with two attached hydrogens (primary N) is 1. The van der Waals surface area contributed by atoms with Gasteiger partial charge in [-0.2, -0.15) is 0 Å². The van der Waals surface area contributed by atoms with Gasteiger partial charge in [0.05, 0.1) is 18.3 Å². The molecule has 1 fully saturated rings. The Bertz CT molecular complexity index is 437. The van der Waals surface area contributed by atoms with Gasteiger partial charge in [-0.1, -0.05) is 0 Å². The maximum Gasteiger partial charge on any atom is 0.350 e. The maximum atomic E-state index is 11.7. The van der Waals surface area contributed by atoms with Gasteiger partial charge in [0.2, 0.25) is 5.91 Å². The Kier molecular flexibility index (Phi) is 2.69. The molecule has 0 spiro atoms. The van der Waals surface area contributed by atoms with Crippen LogP contribution in [0.4, 0.5) is 5.69 Å². The van der Waals surface area contributed by atoms with Crippen molar-refractivity contribution in [1.29, 1.82) is 0 Å². The second kappa shape index (κ2) is 3.88. The smallest absolute Gasteiger partial charge is 0.350 e. The molecule has 1 aromatic heterocycles. The lowest BCUT2D eigenvalue weighted by Gasteiger charge is -2.09. The molecule has 0 atom stereocenters. The van der Waals surface area contributed by atoms with Crippen molar-refractivity contribution in [2.24, 2.45) is 5.73 Å². The number of thiophene rings is 1. The Morgan fingerprint density at radius 3 is 2.81 bits per heavy atom. The fourth-order valence-electron chi connectivity index (χ4n) is 1.27. The highest BCUT2D eigenvalue weighted by Crippen LogP contribution is 2.34. The van der Waals surface area contributed by atoms with Gasteiger partial charge >= 0.3 is 5.97 Å². The van der Waals surface area contributed by atoms with E-state index in [1.807, 2.05) is 0 Å². The van der Waals surface area contributed by atoms with Crippen LogP contribution in [0.3, 0.4) is 0 Å². The Hall–Kier alpha value is -1.40. The van der Waals surface area contributed by atoms with Gasteiger partial charge in [-0.05, 0) is 24.3 Å². The molecule has 86 valence electrons. The summed E-state index contributed by atoms with van der Waals surface area (Å²) in [5, 5.41) is 4.37. The summed E-state index contributed by atoms with van der Waals surface area (Å²) in [6, 6.07) is 1.67. The predicted molar refractivity (Wildman–Crippen MR) is 60.4 cm³/mol. The van der Waals surface area contributed by atoms with Gasteiger partial charge in [0.15, 0.2) is 0 Å². The van der Waals surface area contributed by atoms with Gasteiger partial charge in [-0.15, -0.1) is 11.3 Å². The molecule has 6 heteroatoms. The highest BCUT2D eigenvalue weighted by Gasteiger charge is 2.46. The Balaban J connectivity index is 2.12. The first-order chi connectivity index (χ1) is 7.57. The summed E-state index contributed by atoms with van der Waals surface area (Å²) in [5.74, 6) is -0.691. The van der Waals surface area contributed by atoms with E-state index in [0.717, 1.165) is 0 Å². The normalized spacial score (nSPS) is 16.6. The highest BCUT2D eigenvalue weighted by atomic mass is 32.1. The number of ether oxygens (including phenoxy) is 1. The van der Waals surface area contributed by atoms with Crippen LogP contribution < -0.4 is 11.1 Å². The zero-order valence-corrected chi connectivity index (χ0v) is 9.60. The van der Waals surface area contributed by atoms with Gasteiger partial charge in [-0.3, -0.25) is 4.79 Å². The summed E-state index contributed by atoms with van der Waals surface area (Å²) < 4.78 is 4.61. The molecule has 16 heavy (non-hydrogen) atoms. The van der Waals surface area contributed by atoms with Gasteiger partial charge in [0, 0.05) is 0 Å². The van der Waals surface area contributed by atoms with Crippen molar-refractivity contribution in [3.05, 3.63) is 16.3 Å². The predicted octanol–water partition coefficient (Wildman–Crippen LogP) is 0.965. The molecule has 5 nitrogen and oxygen atoms in total. The summed E-state index contributed by atoms with van der Waals surface area (Å²) >= 11 is 1.23. The molecule has 1 aromatic rings. The van der Waals surface area contributed by atoms with Crippen molar-refractivity contribution in [2.45, 2.75) is 18.4 Å². The third kappa shape index (κ3) is 1.94. The number of amides is 1. The number of anilines is 1. The molecule has 0 aromatic carbocycles. The Labute approximate surface area is 96.6 Å². The molecule has 1 aliphatic carbocycles. The van der Waals surface area contributed by atoms with Crippen LogP contribution in [-0.4, -0.2) is 24.5 Å². The molecular formula is C10H12N2O3S. The molecule has 2 rings (SSSR count). The minimum atomic E-state index is -0.741. The third-order valence-electron chi connectivity index (χ3n) is 2.53. The fourth-order valence-corrected chi connectivity index (χ4v) is 2.03. The monoisotopic (exact) mass is 240 g/mol. The molecule has 0 radical (unpaired) electrons. The van der Waals surface area contributed by atoms with Crippen molar-refractivity contribution in [2.75, 3.05) is 12.4 Å². The van der Waals surface area contributed by atoms with Crippen LogP contribution in [0, 0.1) is 0 Å². The lowest BCUT2D eigenvalue weighted by Crippen LogP contribution is -2.38. The SMILES string of the molecule is COC(=O)c1sccc1NC(=O)C1(N)CC1. The molecular weight excluding hydrogens is 228 g/mol. The molecule has 0 aliphatic heterocycles. The standard InChI is InChI=1S/C10H12N2O3S/c1-15-8(13)7-6(2-5-16-7)12-9(14)10(11)3-4-10/h2,5H,3-4,11H2,1H3,(H,12,14). The largest absolute Gasteiger partial charge is 0.465 e. The lowest BCUT2D eigenvalue weighted by molar-refractivity contribution is -0.118. The molecule has 0 saturated heterocycles. The van der Waals surface area contributed by atoms with Crippen LogP contribution in [0.1, 0.15) is 22.5 Å². The number of hydrogen-bond donors (Lipinski definition) is 2. The first kappa shape index (κ1) is 11.1. The zero-order valence-electron chi connectivity index (χ0n) is 8.78. The molecule has 1 aliphatic rings. The van der Waals surface area contributed by atoms with Crippen LogP contribution in [-0.2, 0) is 9.53 Å². The van der Waals surface area contributed by atoms with E-state index in [1.165, 1.54) is 18.4 Å². The molecule has 1 amide bonds. The number of methoxy groups -OCH3 is 1. The summed E-state index contributed by atoms with van der Waals surface area (Å²) in [7, 11) is 1.30. The zero-order chi connectivity index (χ0) is 11.8. The van der Waals surface area contributed by atoms with Gasteiger partial charge < -0.3 is 15.8 Å². The molecule has 0 bridgehead atoms. The molecule has 1 heterocycles. The van der Waals surface area contributed by atoms with Gasteiger partial charge in [0.1, 0.15) is 4.88 Å². The average Bonchev–Trinajstić information content (AvgIpc) is 2.86.